The summed E-state index contributed by atoms with van der Waals surface area (Å²) in [6, 6.07) is 4.20. The molecule has 0 saturated carbocycles. The lowest BCUT2D eigenvalue weighted by atomic mass is 10.1. The first-order valence-electron chi connectivity index (χ1n) is 5.58. The van der Waals surface area contributed by atoms with Gasteiger partial charge in [0.1, 0.15) is 11.6 Å². The normalized spacial score (nSPS) is 20.2. The average Bonchev–Trinajstić information content (AvgIpc) is 2.64. The molecule has 3 nitrogen and oxygen atoms in total. The maximum Gasteiger partial charge on any atom is 0.127 e. The number of halogens is 2. The van der Waals surface area contributed by atoms with Crippen LogP contribution in [0.25, 0.3) is 0 Å². The molecule has 1 aliphatic heterocycles. The van der Waals surface area contributed by atoms with E-state index in [9.17, 15) is 9.50 Å². The minimum Gasteiger partial charge on any atom is -0.508 e. The fraction of sp³-hybridized carbons (Fsp3) is 0.500. The van der Waals surface area contributed by atoms with Gasteiger partial charge >= 0.3 is 0 Å². The fourth-order valence-corrected chi connectivity index (χ4v) is 2.23. The highest BCUT2D eigenvalue weighted by molar-refractivity contribution is 5.85. The van der Waals surface area contributed by atoms with Crippen LogP contribution >= 0.6 is 12.4 Å². The molecule has 1 aliphatic rings. The highest BCUT2D eigenvalue weighted by atomic mass is 35.5. The Morgan fingerprint density at radius 3 is 2.76 bits per heavy atom. The van der Waals surface area contributed by atoms with Gasteiger partial charge in [-0.2, -0.15) is 0 Å². The molecule has 0 radical (unpaired) electrons. The molecule has 0 spiro atoms. The second kappa shape index (κ2) is 6.19. The molecule has 3 N–H and O–H groups in total. The van der Waals surface area contributed by atoms with Gasteiger partial charge in [-0.05, 0) is 43.1 Å². The zero-order chi connectivity index (χ0) is 11.5. The van der Waals surface area contributed by atoms with Crippen molar-refractivity contribution in [2.45, 2.75) is 13.0 Å². The summed E-state index contributed by atoms with van der Waals surface area (Å²) in [4.78, 5) is 2.24. The van der Waals surface area contributed by atoms with Gasteiger partial charge in [0, 0.05) is 19.2 Å². The molecule has 1 atom stereocenters. The summed E-state index contributed by atoms with van der Waals surface area (Å²) in [5.74, 6) is 0.163. The fourth-order valence-electron chi connectivity index (χ4n) is 2.23. The van der Waals surface area contributed by atoms with Crippen molar-refractivity contribution in [1.82, 2.24) is 4.90 Å². The largest absolute Gasteiger partial charge is 0.508 e. The van der Waals surface area contributed by atoms with E-state index in [-0.39, 0.29) is 24.0 Å². The van der Waals surface area contributed by atoms with E-state index in [1.807, 2.05) is 0 Å². The van der Waals surface area contributed by atoms with Gasteiger partial charge in [-0.15, -0.1) is 12.4 Å². The number of rotatable bonds is 3. The summed E-state index contributed by atoms with van der Waals surface area (Å²) in [6.45, 7) is 3.36. The molecule has 0 bridgehead atoms. The van der Waals surface area contributed by atoms with Gasteiger partial charge in [0.25, 0.3) is 0 Å². The lowest BCUT2D eigenvalue weighted by Crippen LogP contribution is -2.22. The molecule has 0 aliphatic carbocycles. The van der Waals surface area contributed by atoms with Crippen LogP contribution in [0.15, 0.2) is 18.2 Å². The minimum absolute atomic E-state index is 0. The van der Waals surface area contributed by atoms with E-state index in [1.165, 1.54) is 6.07 Å². The van der Waals surface area contributed by atoms with E-state index >= 15 is 0 Å². The zero-order valence-corrected chi connectivity index (χ0v) is 10.4. The number of phenols is 1. The van der Waals surface area contributed by atoms with Crippen molar-refractivity contribution in [2.24, 2.45) is 11.7 Å². The molecule has 1 unspecified atom stereocenters. The number of hydrogen-bond acceptors (Lipinski definition) is 3. The Hall–Kier alpha value is -0.840. The van der Waals surface area contributed by atoms with Crippen LogP contribution in [0.2, 0.25) is 0 Å². The van der Waals surface area contributed by atoms with E-state index in [0.29, 0.717) is 19.0 Å². The van der Waals surface area contributed by atoms with Crippen LogP contribution in [0.5, 0.6) is 5.75 Å². The second-order valence-corrected chi connectivity index (χ2v) is 4.44. The van der Waals surface area contributed by atoms with Crippen molar-refractivity contribution < 1.29 is 9.50 Å². The number of hydrogen-bond donors (Lipinski definition) is 2. The lowest BCUT2D eigenvalue weighted by molar-refractivity contribution is 0.316. The van der Waals surface area contributed by atoms with E-state index in [2.05, 4.69) is 4.90 Å². The zero-order valence-electron chi connectivity index (χ0n) is 9.60. The van der Waals surface area contributed by atoms with Gasteiger partial charge in [0.2, 0.25) is 0 Å². The van der Waals surface area contributed by atoms with Crippen molar-refractivity contribution >= 4 is 12.4 Å². The molecule has 5 heteroatoms. The summed E-state index contributed by atoms with van der Waals surface area (Å²) in [7, 11) is 0. The first kappa shape index (κ1) is 14.2. The summed E-state index contributed by atoms with van der Waals surface area (Å²) in [6.07, 6.45) is 1.11. The van der Waals surface area contributed by atoms with Crippen molar-refractivity contribution in [3.05, 3.63) is 29.6 Å². The van der Waals surface area contributed by atoms with E-state index in [4.69, 9.17) is 5.73 Å². The Balaban J connectivity index is 0.00000144. The third-order valence-electron chi connectivity index (χ3n) is 3.05. The molecular formula is C12H18ClFN2O. The Bertz CT molecular complexity index is 355. The molecule has 0 amide bonds. The van der Waals surface area contributed by atoms with Gasteiger partial charge in [-0.3, -0.25) is 4.90 Å². The van der Waals surface area contributed by atoms with Crippen LogP contribution in [0.3, 0.4) is 0 Å². The SMILES string of the molecule is Cl.NCC1CCN(Cc2cc(O)cc(F)c2)C1. The maximum atomic E-state index is 13.0. The average molecular weight is 261 g/mol. The Labute approximate surface area is 107 Å². The molecule has 1 aromatic carbocycles. The third kappa shape index (κ3) is 3.84. The molecule has 96 valence electrons. The van der Waals surface area contributed by atoms with Crippen molar-refractivity contribution in [2.75, 3.05) is 19.6 Å². The van der Waals surface area contributed by atoms with Gasteiger partial charge in [-0.25, -0.2) is 4.39 Å². The summed E-state index contributed by atoms with van der Waals surface area (Å²) >= 11 is 0. The summed E-state index contributed by atoms with van der Waals surface area (Å²) in [5.41, 5.74) is 6.43. The van der Waals surface area contributed by atoms with Gasteiger partial charge < -0.3 is 10.8 Å². The Morgan fingerprint density at radius 2 is 2.18 bits per heavy atom. The van der Waals surface area contributed by atoms with Crippen LogP contribution in [-0.2, 0) is 6.54 Å². The van der Waals surface area contributed by atoms with E-state index in [1.54, 1.807) is 6.07 Å². The maximum absolute atomic E-state index is 13.0. The first-order chi connectivity index (χ1) is 7.67. The third-order valence-corrected chi connectivity index (χ3v) is 3.05. The number of phenolic OH excluding ortho intramolecular Hbond substituents is 1. The number of nitrogens with two attached hydrogens (primary N) is 1. The highest BCUT2D eigenvalue weighted by Gasteiger charge is 2.21. The van der Waals surface area contributed by atoms with Crippen LogP contribution in [0, 0.1) is 11.7 Å². The van der Waals surface area contributed by atoms with Gasteiger partial charge in [0.05, 0.1) is 0 Å². The number of nitrogens with zero attached hydrogens (tertiary/aromatic N) is 1. The molecular weight excluding hydrogens is 243 g/mol. The first-order valence-corrected chi connectivity index (χ1v) is 5.58. The van der Waals surface area contributed by atoms with Crippen LogP contribution < -0.4 is 5.73 Å². The second-order valence-electron chi connectivity index (χ2n) is 4.44. The molecule has 2 rings (SSSR count). The van der Waals surface area contributed by atoms with Crippen molar-refractivity contribution in [1.29, 1.82) is 0 Å². The molecule has 1 saturated heterocycles. The molecule has 1 aromatic rings. The molecule has 17 heavy (non-hydrogen) atoms. The highest BCUT2D eigenvalue weighted by Crippen LogP contribution is 2.20. The van der Waals surface area contributed by atoms with Gasteiger partial charge in [-0.1, -0.05) is 0 Å². The van der Waals surface area contributed by atoms with Crippen LogP contribution in [0.1, 0.15) is 12.0 Å². The molecule has 0 aromatic heterocycles. The van der Waals surface area contributed by atoms with Crippen molar-refractivity contribution in [3.8, 4) is 5.75 Å². The smallest absolute Gasteiger partial charge is 0.127 e. The van der Waals surface area contributed by atoms with E-state index in [0.717, 1.165) is 31.1 Å². The quantitative estimate of drug-likeness (QED) is 0.870. The number of benzene rings is 1. The van der Waals surface area contributed by atoms with Crippen LogP contribution in [-0.4, -0.2) is 29.6 Å². The number of aromatic hydroxyl groups is 1. The van der Waals surface area contributed by atoms with E-state index < -0.39 is 0 Å². The summed E-state index contributed by atoms with van der Waals surface area (Å²) < 4.78 is 13.0. The lowest BCUT2D eigenvalue weighted by Gasteiger charge is -2.15. The van der Waals surface area contributed by atoms with Crippen LogP contribution in [0.4, 0.5) is 4.39 Å². The summed E-state index contributed by atoms with van der Waals surface area (Å²) in [5, 5.41) is 9.29. The molecule has 1 heterocycles. The Kier molecular flexibility index (Phi) is 5.18. The van der Waals surface area contributed by atoms with Crippen molar-refractivity contribution in [3.63, 3.8) is 0 Å². The predicted octanol–water partition coefficient (Wildman–Crippen LogP) is 1.73. The molecule has 1 fully saturated rings. The number of likely N-dealkylation sites (tertiary alicyclic amines) is 1. The Morgan fingerprint density at radius 1 is 1.41 bits per heavy atom. The minimum atomic E-state index is -0.385. The predicted molar refractivity (Wildman–Crippen MR) is 67.8 cm³/mol. The standard InChI is InChI=1S/C12H17FN2O.ClH/c13-11-3-10(4-12(16)5-11)8-15-2-1-9(6-14)7-15;/h3-5,9,16H,1-2,6-8,14H2;1H. The monoisotopic (exact) mass is 260 g/mol. The van der Waals surface area contributed by atoms with Gasteiger partial charge in [0.15, 0.2) is 0 Å². The topological polar surface area (TPSA) is 49.5 Å².